The molecule has 1 aromatic carbocycles. The number of benzene rings is 1. The van der Waals surface area contributed by atoms with Gasteiger partial charge in [0.05, 0.1) is 12.5 Å². The van der Waals surface area contributed by atoms with E-state index < -0.39 is 0 Å². The van der Waals surface area contributed by atoms with E-state index in [1.54, 1.807) is 26.4 Å². The van der Waals surface area contributed by atoms with Crippen molar-refractivity contribution >= 4 is 10.8 Å². The molecule has 0 N–H and O–H groups in total. The van der Waals surface area contributed by atoms with Gasteiger partial charge in [-0.3, -0.25) is 4.79 Å². The summed E-state index contributed by atoms with van der Waals surface area (Å²) >= 11 is 0. The highest BCUT2D eigenvalue weighted by Crippen LogP contribution is 2.21. The van der Waals surface area contributed by atoms with Crippen LogP contribution in [0, 0.1) is 0 Å². The van der Waals surface area contributed by atoms with E-state index in [2.05, 4.69) is 0 Å². The minimum absolute atomic E-state index is 0.00130. The molecular formula is C11H11NO2. The molecule has 3 heteroatoms. The third kappa shape index (κ3) is 1.18. The standard InChI is InChI=1S/C11H11NO2/c1-12-7-10(14-2)8-5-3-4-6-9(8)11(12)13/h3-7H,1-2H3. The van der Waals surface area contributed by atoms with Gasteiger partial charge in [0, 0.05) is 18.6 Å². The number of pyridine rings is 1. The number of methoxy groups -OCH3 is 1. The van der Waals surface area contributed by atoms with Gasteiger partial charge in [-0.15, -0.1) is 0 Å². The Labute approximate surface area is 81.5 Å². The van der Waals surface area contributed by atoms with Crippen LogP contribution < -0.4 is 10.3 Å². The van der Waals surface area contributed by atoms with E-state index >= 15 is 0 Å². The molecule has 0 aliphatic rings. The first kappa shape index (κ1) is 8.81. The Bertz CT molecular complexity index is 528. The average Bonchev–Trinajstić information content (AvgIpc) is 2.23. The Morgan fingerprint density at radius 3 is 2.50 bits per heavy atom. The predicted molar refractivity (Wildman–Crippen MR) is 55.7 cm³/mol. The maximum atomic E-state index is 11.7. The molecule has 0 fully saturated rings. The van der Waals surface area contributed by atoms with E-state index in [1.807, 2.05) is 18.2 Å². The second kappa shape index (κ2) is 3.18. The molecule has 2 aromatic rings. The SMILES string of the molecule is COc1cn(C)c(=O)c2ccccc12. The fourth-order valence-electron chi connectivity index (χ4n) is 1.54. The molecule has 0 atom stereocenters. The van der Waals surface area contributed by atoms with E-state index in [4.69, 9.17) is 4.74 Å². The number of aryl methyl sites for hydroxylation is 1. The monoisotopic (exact) mass is 189 g/mol. The van der Waals surface area contributed by atoms with Crippen LogP contribution in [0.5, 0.6) is 5.75 Å². The van der Waals surface area contributed by atoms with E-state index in [0.717, 1.165) is 11.1 Å². The molecule has 1 heterocycles. The first-order valence-electron chi connectivity index (χ1n) is 4.36. The molecular weight excluding hydrogens is 178 g/mol. The average molecular weight is 189 g/mol. The lowest BCUT2D eigenvalue weighted by atomic mass is 10.1. The number of rotatable bonds is 1. The van der Waals surface area contributed by atoms with Gasteiger partial charge in [0.2, 0.25) is 0 Å². The summed E-state index contributed by atoms with van der Waals surface area (Å²) in [5.74, 6) is 0.725. The molecule has 0 saturated heterocycles. The van der Waals surface area contributed by atoms with Gasteiger partial charge < -0.3 is 9.30 Å². The lowest BCUT2D eigenvalue weighted by Crippen LogP contribution is -2.16. The minimum atomic E-state index is 0.00130. The Morgan fingerprint density at radius 1 is 1.21 bits per heavy atom. The number of fused-ring (bicyclic) bond motifs is 1. The number of hydrogen-bond acceptors (Lipinski definition) is 2. The molecule has 0 bridgehead atoms. The van der Waals surface area contributed by atoms with Gasteiger partial charge in [0.1, 0.15) is 5.75 Å². The molecule has 0 spiro atoms. The molecule has 0 amide bonds. The van der Waals surface area contributed by atoms with Gasteiger partial charge in [0.25, 0.3) is 5.56 Å². The van der Waals surface area contributed by atoms with Crippen molar-refractivity contribution in [1.82, 2.24) is 4.57 Å². The van der Waals surface area contributed by atoms with Crippen LogP contribution in [0.15, 0.2) is 35.3 Å². The molecule has 0 saturated carbocycles. The quantitative estimate of drug-likeness (QED) is 0.681. The topological polar surface area (TPSA) is 31.2 Å². The van der Waals surface area contributed by atoms with Crippen LogP contribution in [-0.4, -0.2) is 11.7 Å². The molecule has 1 aromatic heterocycles. The number of hydrogen-bond donors (Lipinski definition) is 0. The third-order valence-electron chi connectivity index (χ3n) is 2.27. The highest BCUT2D eigenvalue weighted by molar-refractivity contribution is 5.87. The van der Waals surface area contributed by atoms with Crippen molar-refractivity contribution in [3.63, 3.8) is 0 Å². The van der Waals surface area contributed by atoms with Crippen molar-refractivity contribution in [2.24, 2.45) is 7.05 Å². The summed E-state index contributed by atoms with van der Waals surface area (Å²) in [5, 5.41) is 1.55. The largest absolute Gasteiger partial charge is 0.495 e. The molecule has 0 radical (unpaired) electrons. The molecule has 0 aliphatic carbocycles. The van der Waals surface area contributed by atoms with Crippen molar-refractivity contribution in [1.29, 1.82) is 0 Å². The van der Waals surface area contributed by atoms with Crippen molar-refractivity contribution in [3.05, 3.63) is 40.8 Å². The van der Waals surface area contributed by atoms with Gasteiger partial charge in [0.15, 0.2) is 0 Å². The number of ether oxygens (including phenoxy) is 1. The Kier molecular flexibility index (Phi) is 2.00. The summed E-state index contributed by atoms with van der Waals surface area (Å²) in [7, 11) is 3.32. The lowest BCUT2D eigenvalue weighted by Gasteiger charge is -2.07. The number of nitrogens with zero attached hydrogens (tertiary/aromatic N) is 1. The van der Waals surface area contributed by atoms with Gasteiger partial charge in [-0.2, -0.15) is 0 Å². The predicted octanol–water partition coefficient (Wildman–Crippen LogP) is 1.55. The Morgan fingerprint density at radius 2 is 1.86 bits per heavy atom. The molecule has 0 aliphatic heterocycles. The molecule has 0 unspecified atom stereocenters. The zero-order chi connectivity index (χ0) is 10.1. The van der Waals surface area contributed by atoms with Crippen LogP contribution in [0.2, 0.25) is 0 Å². The van der Waals surface area contributed by atoms with Gasteiger partial charge in [-0.1, -0.05) is 18.2 Å². The molecule has 3 nitrogen and oxygen atoms in total. The Hall–Kier alpha value is -1.77. The van der Waals surface area contributed by atoms with Crippen LogP contribution in [0.1, 0.15) is 0 Å². The van der Waals surface area contributed by atoms with Crippen LogP contribution >= 0.6 is 0 Å². The van der Waals surface area contributed by atoms with Crippen molar-refractivity contribution < 1.29 is 4.74 Å². The highest BCUT2D eigenvalue weighted by Gasteiger charge is 2.05. The lowest BCUT2D eigenvalue weighted by molar-refractivity contribution is 0.415. The first-order valence-corrected chi connectivity index (χ1v) is 4.36. The maximum Gasteiger partial charge on any atom is 0.258 e. The van der Waals surface area contributed by atoms with Gasteiger partial charge in [-0.25, -0.2) is 0 Å². The normalized spacial score (nSPS) is 10.4. The fourth-order valence-corrected chi connectivity index (χ4v) is 1.54. The van der Waals surface area contributed by atoms with Crippen LogP contribution in [0.25, 0.3) is 10.8 Å². The molecule has 14 heavy (non-hydrogen) atoms. The van der Waals surface area contributed by atoms with Crippen molar-refractivity contribution in [2.45, 2.75) is 0 Å². The summed E-state index contributed by atoms with van der Waals surface area (Å²) in [6.45, 7) is 0. The van der Waals surface area contributed by atoms with Crippen molar-refractivity contribution in [2.75, 3.05) is 7.11 Å². The van der Waals surface area contributed by atoms with Crippen LogP contribution in [0.3, 0.4) is 0 Å². The maximum absolute atomic E-state index is 11.7. The van der Waals surface area contributed by atoms with Crippen LogP contribution in [-0.2, 0) is 7.05 Å². The van der Waals surface area contributed by atoms with Gasteiger partial charge in [-0.05, 0) is 6.07 Å². The Balaban J connectivity index is 2.97. The summed E-state index contributed by atoms with van der Waals surface area (Å²) < 4.78 is 6.73. The summed E-state index contributed by atoms with van der Waals surface area (Å²) in [6, 6.07) is 7.43. The molecule has 72 valence electrons. The summed E-state index contributed by atoms with van der Waals surface area (Å²) in [4.78, 5) is 11.7. The second-order valence-corrected chi connectivity index (χ2v) is 3.16. The third-order valence-corrected chi connectivity index (χ3v) is 2.27. The van der Waals surface area contributed by atoms with Crippen LogP contribution in [0.4, 0.5) is 0 Å². The summed E-state index contributed by atoms with van der Waals surface area (Å²) in [6.07, 6.45) is 1.70. The number of aromatic nitrogens is 1. The zero-order valence-corrected chi connectivity index (χ0v) is 8.15. The van der Waals surface area contributed by atoms with E-state index in [1.165, 1.54) is 4.57 Å². The molecule has 2 rings (SSSR count). The second-order valence-electron chi connectivity index (χ2n) is 3.16. The van der Waals surface area contributed by atoms with E-state index in [0.29, 0.717) is 5.39 Å². The highest BCUT2D eigenvalue weighted by atomic mass is 16.5. The first-order chi connectivity index (χ1) is 6.74. The van der Waals surface area contributed by atoms with Crippen molar-refractivity contribution in [3.8, 4) is 5.75 Å². The smallest absolute Gasteiger partial charge is 0.258 e. The zero-order valence-electron chi connectivity index (χ0n) is 8.15. The summed E-state index contributed by atoms with van der Waals surface area (Å²) in [5.41, 5.74) is 0.00130. The van der Waals surface area contributed by atoms with E-state index in [-0.39, 0.29) is 5.56 Å². The fraction of sp³-hybridized carbons (Fsp3) is 0.182. The van der Waals surface area contributed by atoms with Gasteiger partial charge >= 0.3 is 0 Å². The minimum Gasteiger partial charge on any atom is -0.495 e. The van der Waals surface area contributed by atoms with E-state index in [9.17, 15) is 4.79 Å².